The smallest absolute Gasteiger partial charge is 0.416 e. The van der Waals surface area contributed by atoms with Gasteiger partial charge in [0.25, 0.3) is 0 Å². The molecule has 34 heavy (non-hydrogen) atoms. The van der Waals surface area contributed by atoms with Crippen molar-refractivity contribution in [2.75, 3.05) is 13.7 Å². The van der Waals surface area contributed by atoms with Crippen LogP contribution in [0.25, 0.3) is 0 Å². The number of ether oxygens (including phenoxy) is 2. The molecule has 1 rings (SSSR count). The van der Waals surface area contributed by atoms with Gasteiger partial charge in [0, 0.05) is 12.6 Å². The molecule has 0 saturated carbocycles. The molecule has 0 unspecified atom stereocenters. The summed E-state index contributed by atoms with van der Waals surface area (Å²) in [4.78, 5) is 38.2. The zero-order chi connectivity index (χ0) is 26.6. The molecule has 1 aromatic rings. The minimum absolute atomic E-state index is 0.102. The van der Waals surface area contributed by atoms with Gasteiger partial charge in [0.2, 0.25) is 0 Å². The van der Waals surface area contributed by atoms with Crippen LogP contribution in [0.5, 0.6) is 0 Å². The quantitative estimate of drug-likeness (QED) is 0.272. The first kappa shape index (κ1) is 29.2. The Hall–Kier alpha value is -2.79. The van der Waals surface area contributed by atoms with E-state index in [2.05, 4.69) is 0 Å². The summed E-state index contributed by atoms with van der Waals surface area (Å²) in [6.45, 7) is 7.20. The van der Waals surface area contributed by atoms with Crippen LogP contribution in [0.1, 0.15) is 62.5 Å². The van der Waals surface area contributed by atoms with E-state index >= 15 is 0 Å². The molecule has 1 amide bonds. The number of ketones is 1. The number of nitrogens with zero attached hydrogens (tertiary/aromatic N) is 1. The maximum Gasteiger partial charge on any atom is 0.416 e. The second kappa shape index (κ2) is 10.6. The Morgan fingerprint density at radius 2 is 1.38 bits per heavy atom. The molecule has 0 aliphatic rings. The van der Waals surface area contributed by atoms with Gasteiger partial charge in [0.15, 0.2) is 12.4 Å². The number of Topliss-reactive ketones (excluding diaryl/α,β-unsaturated/α-hetero) is 1. The van der Waals surface area contributed by atoms with E-state index in [-0.39, 0.29) is 30.5 Å². The number of hydrogen-bond acceptors (Lipinski definition) is 5. The van der Waals surface area contributed by atoms with Gasteiger partial charge in [-0.05, 0) is 51.3 Å². The van der Waals surface area contributed by atoms with Gasteiger partial charge in [-0.1, -0.05) is 13.8 Å². The molecule has 0 aliphatic heterocycles. The number of esters is 1. The van der Waals surface area contributed by atoms with Crippen molar-refractivity contribution in [3.05, 3.63) is 34.9 Å². The van der Waals surface area contributed by atoms with Crippen LogP contribution in [0.15, 0.2) is 18.2 Å². The molecule has 0 heterocycles. The fraction of sp³-hybridized carbons (Fsp3) is 0.591. The number of carbonyl (C=O) groups is 3. The van der Waals surface area contributed by atoms with E-state index < -0.39 is 65.1 Å². The second-order valence-corrected chi connectivity index (χ2v) is 9.06. The Morgan fingerprint density at radius 1 is 0.912 bits per heavy atom. The Morgan fingerprint density at radius 3 is 1.76 bits per heavy atom. The van der Waals surface area contributed by atoms with Crippen LogP contribution in [-0.4, -0.2) is 48.0 Å². The zero-order valence-electron chi connectivity index (χ0n) is 19.6. The van der Waals surface area contributed by atoms with Crippen LogP contribution < -0.4 is 0 Å². The van der Waals surface area contributed by atoms with Crippen LogP contribution in [0.4, 0.5) is 31.1 Å². The van der Waals surface area contributed by atoms with E-state index in [0.29, 0.717) is 0 Å². The lowest BCUT2D eigenvalue weighted by molar-refractivity contribution is -0.149. The predicted octanol–water partition coefficient (Wildman–Crippen LogP) is 5.73. The third-order valence-electron chi connectivity index (χ3n) is 4.37. The van der Waals surface area contributed by atoms with Crippen LogP contribution in [0, 0.1) is 5.92 Å². The number of alkyl halides is 6. The van der Waals surface area contributed by atoms with Crippen molar-refractivity contribution in [2.45, 2.75) is 65.0 Å². The molecule has 0 radical (unpaired) electrons. The fourth-order valence-corrected chi connectivity index (χ4v) is 2.75. The number of amides is 1. The summed E-state index contributed by atoms with van der Waals surface area (Å²) in [5.74, 6) is -2.44. The first-order valence-corrected chi connectivity index (χ1v) is 10.2. The highest BCUT2D eigenvalue weighted by atomic mass is 19.4. The number of benzene rings is 1. The van der Waals surface area contributed by atoms with Gasteiger partial charge < -0.3 is 9.47 Å². The Labute approximate surface area is 193 Å². The van der Waals surface area contributed by atoms with Crippen molar-refractivity contribution in [3.8, 4) is 0 Å². The van der Waals surface area contributed by atoms with Crippen molar-refractivity contribution >= 4 is 17.8 Å². The lowest BCUT2D eigenvalue weighted by atomic mass is 10.0. The minimum atomic E-state index is -5.13. The molecule has 0 saturated heterocycles. The topological polar surface area (TPSA) is 72.9 Å². The molecule has 1 aromatic carbocycles. The molecule has 192 valence electrons. The second-order valence-electron chi connectivity index (χ2n) is 9.06. The van der Waals surface area contributed by atoms with Crippen LogP contribution in [-0.2, 0) is 26.6 Å². The van der Waals surface area contributed by atoms with Gasteiger partial charge in [0.1, 0.15) is 11.6 Å². The molecule has 0 spiro atoms. The van der Waals surface area contributed by atoms with E-state index in [1.54, 1.807) is 34.6 Å². The first-order valence-electron chi connectivity index (χ1n) is 10.2. The number of halogens is 6. The monoisotopic (exact) mass is 499 g/mol. The first-order chi connectivity index (χ1) is 15.2. The van der Waals surface area contributed by atoms with Gasteiger partial charge in [-0.15, -0.1) is 0 Å². The number of hydrogen-bond donors (Lipinski definition) is 0. The summed E-state index contributed by atoms with van der Waals surface area (Å²) in [5, 5.41) is 0. The largest absolute Gasteiger partial charge is 0.456 e. The highest BCUT2D eigenvalue weighted by Gasteiger charge is 2.38. The highest BCUT2D eigenvalue weighted by Crippen LogP contribution is 2.36. The molecule has 0 aliphatic carbocycles. The molecule has 1 atom stereocenters. The van der Waals surface area contributed by atoms with E-state index in [4.69, 9.17) is 9.47 Å². The van der Waals surface area contributed by atoms with Gasteiger partial charge in [-0.25, -0.2) is 9.59 Å². The lowest BCUT2D eigenvalue weighted by Gasteiger charge is -2.30. The van der Waals surface area contributed by atoms with Crippen molar-refractivity contribution in [1.82, 2.24) is 4.90 Å². The Balaban J connectivity index is 3.10. The van der Waals surface area contributed by atoms with Gasteiger partial charge in [-0.2, -0.15) is 26.3 Å². The van der Waals surface area contributed by atoms with Crippen LogP contribution >= 0.6 is 0 Å². The molecular weight excluding hydrogens is 472 g/mol. The predicted molar refractivity (Wildman–Crippen MR) is 109 cm³/mol. The van der Waals surface area contributed by atoms with Gasteiger partial charge >= 0.3 is 24.4 Å². The molecule has 0 bridgehead atoms. The third-order valence-corrected chi connectivity index (χ3v) is 4.37. The molecule has 6 nitrogen and oxygen atoms in total. The standard InChI is InChI=1S/C22H27F6NO5/c1-12(2)7-16(29(6)19(32)34-20(3,4)5)18(31)33-11-17(30)13-8-14(21(23,24)25)10-15(9-13)22(26,27)28/h8-10,12,16H,7,11H2,1-6H3/t16-/m1/s1. The van der Waals surface area contributed by atoms with E-state index in [1.165, 1.54) is 7.05 Å². The SMILES string of the molecule is CC(C)C[C@H](C(=O)OCC(=O)c1cc(C(F)(F)F)cc(C(F)(F)F)c1)N(C)C(=O)OC(C)(C)C. The lowest BCUT2D eigenvalue weighted by Crippen LogP contribution is -2.46. The summed E-state index contributed by atoms with van der Waals surface area (Å²) < 4.78 is 88.1. The van der Waals surface area contributed by atoms with Crippen molar-refractivity contribution in [2.24, 2.45) is 5.92 Å². The maximum atomic E-state index is 13.0. The normalized spacial score (nSPS) is 13.4. The summed E-state index contributed by atoms with van der Waals surface area (Å²) >= 11 is 0. The van der Waals surface area contributed by atoms with E-state index in [9.17, 15) is 40.7 Å². The fourth-order valence-electron chi connectivity index (χ4n) is 2.75. The van der Waals surface area contributed by atoms with Crippen LogP contribution in [0.3, 0.4) is 0 Å². The van der Waals surface area contributed by atoms with Crippen LogP contribution in [0.2, 0.25) is 0 Å². The van der Waals surface area contributed by atoms with Gasteiger partial charge in [0.05, 0.1) is 11.1 Å². The minimum Gasteiger partial charge on any atom is -0.456 e. The summed E-state index contributed by atoms with van der Waals surface area (Å²) in [7, 11) is 1.27. The number of rotatable bonds is 7. The zero-order valence-corrected chi connectivity index (χ0v) is 19.6. The molecular formula is C22H27F6NO5. The number of carbonyl (C=O) groups excluding carboxylic acids is 3. The molecule has 0 aromatic heterocycles. The van der Waals surface area contributed by atoms with Crippen molar-refractivity contribution in [1.29, 1.82) is 0 Å². The number of likely N-dealkylation sites (N-methyl/N-ethyl adjacent to an activating group) is 1. The third kappa shape index (κ3) is 8.86. The molecule has 0 fully saturated rings. The Bertz CT molecular complexity index is 870. The molecule has 0 N–H and O–H groups in total. The van der Waals surface area contributed by atoms with Crippen molar-refractivity contribution < 1.29 is 50.2 Å². The highest BCUT2D eigenvalue weighted by molar-refractivity contribution is 5.98. The average molecular weight is 499 g/mol. The summed E-state index contributed by atoms with van der Waals surface area (Å²) in [5.41, 5.74) is -5.12. The summed E-state index contributed by atoms with van der Waals surface area (Å²) in [6, 6.07) is -0.805. The average Bonchev–Trinajstić information content (AvgIpc) is 2.66. The van der Waals surface area contributed by atoms with E-state index in [1.807, 2.05) is 0 Å². The van der Waals surface area contributed by atoms with E-state index in [0.717, 1.165) is 4.90 Å². The van der Waals surface area contributed by atoms with Crippen molar-refractivity contribution in [3.63, 3.8) is 0 Å². The molecule has 12 heteroatoms. The summed E-state index contributed by atoms with van der Waals surface area (Å²) in [6.07, 6.45) is -11.0. The Kier molecular flexibility index (Phi) is 9.15. The maximum absolute atomic E-state index is 13.0. The van der Waals surface area contributed by atoms with Gasteiger partial charge in [-0.3, -0.25) is 9.69 Å².